The summed E-state index contributed by atoms with van der Waals surface area (Å²) in [5.41, 5.74) is 1.27. The molecule has 40 heavy (non-hydrogen) atoms. The number of alkyl halides is 2. The lowest BCUT2D eigenvalue weighted by Gasteiger charge is -2.53. The molecule has 4 fully saturated rings. The average Bonchev–Trinajstić information content (AvgIpc) is 3.27. The number of hydrogen-bond acceptors (Lipinski definition) is 6. The van der Waals surface area contributed by atoms with E-state index in [4.69, 9.17) is 11.6 Å². The largest absolute Gasteiger partial charge is 0.376 e. The number of piperidine rings is 2. The van der Waals surface area contributed by atoms with Gasteiger partial charge in [-0.15, -0.1) is 0 Å². The molecule has 5 rings (SSSR count). The molecular weight excluding hydrogens is 573 g/mol. The van der Waals surface area contributed by atoms with E-state index in [-0.39, 0.29) is 25.3 Å². The molecule has 1 aromatic carbocycles. The van der Waals surface area contributed by atoms with Gasteiger partial charge in [0, 0.05) is 41.9 Å². The number of carbonyl (C=O) groups is 3. The number of hydrogen-bond donors (Lipinski definition) is 3. The van der Waals surface area contributed by atoms with E-state index in [9.17, 15) is 27.2 Å². The molecule has 3 amide bonds. The summed E-state index contributed by atoms with van der Waals surface area (Å²) >= 11 is 6.14. The van der Waals surface area contributed by atoms with E-state index in [1.54, 1.807) is 25.1 Å². The molecule has 1 saturated carbocycles. The fraction of sp³-hybridized carbons (Fsp3) is 0.577. The molecule has 9 nitrogen and oxygen atoms in total. The van der Waals surface area contributed by atoms with E-state index in [0.29, 0.717) is 48.0 Å². The Morgan fingerprint density at radius 1 is 1.27 bits per heavy atom. The summed E-state index contributed by atoms with van der Waals surface area (Å²) in [6.07, 6.45) is 1.27. The van der Waals surface area contributed by atoms with Crippen molar-refractivity contribution in [2.24, 2.45) is 11.8 Å². The van der Waals surface area contributed by atoms with E-state index < -0.39 is 69.1 Å². The van der Waals surface area contributed by atoms with Crippen LogP contribution in [0.25, 0.3) is 0 Å². The molecule has 1 aromatic rings. The number of nitrogens with one attached hydrogen (secondary N) is 3. The van der Waals surface area contributed by atoms with Gasteiger partial charge in [-0.3, -0.25) is 14.4 Å². The zero-order valence-corrected chi connectivity index (χ0v) is 23.6. The van der Waals surface area contributed by atoms with Gasteiger partial charge >= 0.3 is 0 Å². The average molecular weight is 605 g/mol. The van der Waals surface area contributed by atoms with Gasteiger partial charge in [0.2, 0.25) is 32.7 Å². The second-order valence-electron chi connectivity index (χ2n) is 10.7. The van der Waals surface area contributed by atoms with Gasteiger partial charge in [-0.1, -0.05) is 17.7 Å². The number of halogens is 4. The van der Waals surface area contributed by atoms with Gasteiger partial charge in [-0.05, 0) is 56.4 Å². The van der Waals surface area contributed by atoms with Crippen molar-refractivity contribution in [2.75, 3.05) is 24.7 Å². The monoisotopic (exact) mass is 604 g/mol. The molecular formula is C26H32ClF3N4O5S. The first-order chi connectivity index (χ1) is 18.7. The number of amides is 3. The minimum Gasteiger partial charge on any atom is -0.376 e. The summed E-state index contributed by atoms with van der Waals surface area (Å²) in [7, 11) is -4.26. The molecule has 220 valence electrons. The minimum absolute atomic E-state index is 0.00357. The minimum atomic E-state index is -4.26. The van der Waals surface area contributed by atoms with E-state index >= 15 is 8.78 Å². The van der Waals surface area contributed by atoms with Crippen LogP contribution in [0.5, 0.6) is 0 Å². The quantitative estimate of drug-likeness (QED) is 0.398. The lowest BCUT2D eigenvalue weighted by Crippen LogP contribution is -2.69. The van der Waals surface area contributed by atoms with Crippen molar-refractivity contribution >= 4 is 44.8 Å². The molecule has 3 aliphatic heterocycles. The van der Waals surface area contributed by atoms with Crippen molar-refractivity contribution in [1.82, 2.24) is 15.5 Å². The third-order valence-corrected chi connectivity index (χ3v) is 9.16. The number of carbonyl (C=O) groups excluding carboxylic acids is 3. The Morgan fingerprint density at radius 3 is 2.62 bits per heavy atom. The van der Waals surface area contributed by atoms with Crippen molar-refractivity contribution in [3.8, 4) is 0 Å². The highest BCUT2D eigenvalue weighted by molar-refractivity contribution is 7.94. The van der Waals surface area contributed by atoms with Crippen LogP contribution in [0.15, 0.2) is 29.4 Å². The topological polar surface area (TPSA) is 125 Å². The predicted octanol–water partition coefficient (Wildman–Crippen LogP) is 2.94. The third kappa shape index (κ3) is 6.40. The third-order valence-electron chi connectivity index (χ3n) is 7.91. The molecule has 0 aromatic heterocycles. The summed E-state index contributed by atoms with van der Waals surface area (Å²) in [5.74, 6) is -7.20. The van der Waals surface area contributed by atoms with Gasteiger partial charge < -0.3 is 20.9 Å². The van der Waals surface area contributed by atoms with Crippen molar-refractivity contribution in [1.29, 1.82) is 0 Å². The summed E-state index contributed by atoms with van der Waals surface area (Å²) in [4.78, 5) is 40.3. The van der Waals surface area contributed by atoms with Gasteiger partial charge in [-0.25, -0.2) is 17.2 Å². The number of benzene rings is 1. The maximum atomic E-state index is 15.0. The summed E-state index contributed by atoms with van der Waals surface area (Å²) in [6, 6.07) is 1.34. The van der Waals surface area contributed by atoms with Crippen LogP contribution in [-0.2, 0) is 24.2 Å². The summed E-state index contributed by atoms with van der Waals surface area (Å²) in [5, 5.41) is 7.01. The van der Waals surface area contributed by atoms with Crippen LogP contribution in [0.2, 0.25) is 5.02 Å². The second kappa shape index (κ2) is 11.6. The second-order valence-corrected chi connectivity index (χ2v) is 13.0. The molecule has 5 atom stereocenters. The van der Waals surface area contributed by atoms with Gasteiger partial charge in [0.15, 0.2) is 0 Å². The number of rotatable bonds is 9. The Kier molecular flexibility index (Phi) is 8.74. The van der Waals surface area contributed by atoms with E-state index in [0.717, 1.165) is 0 Å². The van der Waals surface area contributed by atoms with E-state index in [1.807, 2.05) is 0 Å². The highest BCUT2D eigenvalue weighted by Gasteiger charge is 2.60. The Bertz CT molecular complexity index is 1330. The van der Waals surface area contributed by atoms with Crippen molar-refractivity contribution in [2.45, 2.75) is 63.1 Å². The van der Waals surface area contributed by atoms with Gasteiger partial charge in [0.05, 0.1) is 18.5 Å². The fourth-order valence-corrected chi connectivity index (χ4v) is 6.41. The van der Waals surface area contributed by atoms with E-state index in [2.05, 4.69) is 16.0 Å². The van der Waals surface area contributed by atoms with Gasteiger partial charge in [0.25, 0.3) is 5.92 Å². The highest BCUT2D eigenvalue weighted by atomic mass is 35.5. The van der Waals surface area contributed by atoms with Crippen LogP contribution in [0.3, 0.4) is 0 Å². The zero-order chi connectivity index (χ0) is 29.4. The lowest BCUT2D eigenvalue weighted by molar-refractivity contribution is -0.193. The standard InChI is InChI=1S/C26H32ClF3N4O5S/c1-14-19(27)4-3-5-20(14)32-13-22(35)34-17-6-7-18(26(29,30)12-17)23(34)25(37)33-16(11-21(28)40(2,38)39)10-15-8-9-31-24(15)36/h3-5,11,15-18,23,32H,6-10,12-13H2,1-2H3,(H,31,36)(H,33,37)/b21-11-/t15-,16-,17+,18+,23-/m1/s1. The van der Waals surface area contributed by atoms with Gasteiger partial charge in [-0.2, -0.15) is 4.39 Å². The maximum absolute atomic E-state index is 15.0. The molecule has 14 heteroatoms. The summed E-state index contributed by atoms with van der Waals surface area (Å²) < 4.78 is 67.9. The molecule has 0 radical (unpaired) electrons. The lowest BCUT2D eigenvalue weighted by atomic mass is 9.71. The maximum Gasteiger partial charge on any atom is 0.255 e. The van der Waals surface area contributed by atoms with Gasteiger partial charge in [0.1, 0.15) is 6.04 Å². The number of sulfone groups is 1. The van der Waals surface area contributed by atoms with E-state index in [1.165, 1.54) is 4.90 Å². The van der Waals surface area contributed by atoms with Crippen LogP contribution in [0.1, 0.15) is 37.7 Å². The molecule has 1 aliphatic carbocycles. The first-order valence-corrected chi connectivity index (χ1v) is 15.3. The highest BCUT2D eigenvalue weighted by Crippen LogP contribution is 2.49. The zero-order valence-electron chi connectivity index (χ0n) is 22.1. The fourth-order valence-electron chi connectivity index (χ4n) is 5.82. The Morgan fingerprint density at radius 2 is 2.00 bits per heavy atom. The van der Waals surface area contributed by atoms with Crippen molar-refractivity contribution in [3.05, 3.63) is 40.0 Å². The van der Waals surface area contributed by atoms with Crippen LogP contribution in [0.4, 0.5) is 18.9 Å². The molecule has 0 spiro atoms. The smallest absolute Gasteiger partial charge is 0.255 e. The molecule has 3 saturated heterocycles. The molecule has 3 heterocycles. The Hall–Kier alpha value is -2.80. The van der Waals surface area contributed by atoms with Crippen molar-refractivity contribution < 1.29 is 36.0 Å². The first-order valence-electron chi connectivity index (χ1n) is 13.0. The molecule has 2 bridgehead atoms. The van der Waals surface area contributed by atoms with Crippen LogP contribution >= 0.6 is 11.6 Å². The van der Waals surface area contributed by atoms with Crippen LogP contribution in [0, 0.1) is 18.8 Å². The molecule has 4 aliphatic rings. The predicted molar refractivity (Wildman–Crippen MR) is 143 cm³/mol. The number of anilines is 1. The number of fused-ring (bicyclic) bond motifs is 3. The Labute approximate surface area is 235 Å². The normalized spacial score (nSPS) is 26.8. The Balaban J connectivity index is 1.59. The van der Waals surface area contributed by atoms with Crippen LogP contribution in [-0.4, -0.2) is 74.4 Å². The first kappa shape index (κ1) is 30.2. The molecule has 3 N–H and O–H groups in total. The van der Waals surface area contributed by atoms with Crippen molar-refractivity contribution in [3.63, 3.8) is 0 Å². The van der Waals surface area contributed by atoms with Crippen LogP contribution < -0.4 is 16.0 Å². The number of nitrogens with zero attached hydrogens (tertiary/aromatic N) is 1. The summed E-state index contributed by atoms with van der Waals surface area (Å²) in [6.45, 7) is 1.83. The SMILES string of the molecule is Cc1c(Cl)cccc1NCC(=O)N1[C@H]2CC[C@@H]([C@@H]1C(=O)N[C@@H](/C=C(/F)S(C)(=O)=O)C[C@H]1CCNC1=O)C(F)(F)C2. The molecule has 0 unspecified atom stereocenters.